The number of rotatable bonds is 5. The highest BCUT2D eigenvalue weighted by Gasteiger charge is 2.12. The van der Waals surface area contributed by atoms with Crippen molar-refractivity contribution < 1.29 is 4.39 Å². The highest BCUT2D eigenvalue weighted by atomic mass is 79.9. The summed E-state index contributed by atoms with van der Waals surface area (Å²) < 4.78 is 13.3. The van der Waals surface area contributed by atoms with E-state index in [1.807, 2.05) is 0 Å². The number of halogens is 3. The van der Waals surface area contributed by atoms with Gasteiger partial charge in [0.1, 0.15) is 5.82 Å². The van der Waals surface area contributed by atoms with Crippen LogP contribution < -0.4 is 0 Å². The topological polar surface area (TPSA) is 0 Å². The minimum Gasteiger partial charge on any atom is -0.207 e. The van der Waals surface area contributed by atoms with Crippen molar-refractivity contribution in [2.75, 3.05) is 5.33 Å². The van der Waals surface area contributed by atoms with Crippen LogP contribution >= 0.6 is 27.5 Å². The van der Waals surface area contributed by atoms with Crippen LogP contribution in [-0.4, -0.2) is 5.33 Å². The number of hydrogen-bond donors (Lipinski definition) is 0. The van der Waals surface area contributed by atoms with Gasteiger partial charge in [-0.3, -0.25) is 0 Å². The maximum atomic E-state index is 13.3. The lowest BCUT2D eigenvalue weighted by atomic mass is 9.93. The van der Waals surface area contributed by atoms with E-state index in [1.54, 1.807) is 6.07 Å². The van der Waals surface area contributed by atoms with Gasteiger partial charge in [-0.15, -0.1) is 0 Å². The van der Waals surface area contributed by atoms with Gasteiger partial charge >= 0.3 is 0 Å². The molecule has 0 aromatic heterocycles. The third-order valence-electron chi connectivity index (χ3n) is 3.34. The van der Waals surface area contributed by atoms with Gasteiger partial charge in [-0.25, -0.2) is 4.39 Å². The van der Waals surface area contributed by atoms with Crippen molar-refractivity contribution in [3.63, 3.8) is 0 Å². The fraction of sp³-hybridized carbons (Fsp3) is 0.294. The largest absolute Gasteiger partial charge is 0.207 e. The number of alkyl halides is 1. The Kier molecular flexibility index (Phi) is 5.62. The number of hydrogen-bond acceptors (Lipinski definition) is 0. The van der Waals surface area contributed by atoms with Crippen molar-refractivity contribution in [3.8, 4) is 0 Å². The van der Waals surface area contributed by atoms with Gasteiger partial charge < -0.3 is 0 Å². The van der Waals surface area contributed by atoms with Gasteiger partial charge in [-0.1, -0.05) is 57.4 Å². The zero-order valence-electron chi connectivity index (χ0n) is 11.4. The zero-order valence-corrected chi connectivity index (χ0v) is 13.7. The molecule has 3 heteroatoms. The molecule has 2 rings (SSSR count). The third-order valence-corrected chi connectivity index (χ3v) is 4.63. The predicted molar refractivity (Wildman–Crippen MR) is 87.3 cm³/mol. The second kappa shape index (κ2) is 7.24. The highest BCUT2D eigenvalue weighted by molar-refractivity contribution is 9.09. The van der Waals surface area contributed by atoms with Gasteiger partial charge in [0.2, 0.25) is 0 Å². The molecular weight excluding hydrogens is 339 g/mol. The lowest BCUT2D eigenvalue weighted by Crippen LogP contribution is -2.10. The summed E-state index contributed by atoms with van der Waals surface area (Å²) in [5.74, 6) is 0.171. The molecule has 1 atom stereocenters. The Balaban J connectivity index is 2.11. The molecule has 0 aliphatic carbocycles. The Morgan fingerprint density at radius 2 is 1.95 bits per heavy atom. The molecule has 0 spiro atoms. The van der Waals surface area contributed by atoms with Crippen LogP contribution in [0.15, 0.2) is 42.5 Å². The first-order valence-electron chi connectivity index (χ1n) is 6.64. The molecule has 2 aromatic rings. The maximum Gasteiger partial charge on any atom is 0.123 e. The van der Waals surface area contributed by atoms with Crippen molar-refractivity contribution in [2.45, 2.75) is 19.8 Å². The van der Waals surface area contributed by atoms with Gasteiger partial charge in [0.25, 0.3) is 0 Å². The molecule has 0 saturated heterocycles. The SMILES string of the molecule is Cc1cccc(CC(CBr)Cc2cc(F)ccc2Cl)c1. The molecule has 0 aliphatic rings. The molecule has 0 aliphatic heterocycles. The van der Waals surface area contributed by atoms with E-state index in [4.69, 9.17) is 11.6 Å². The van der Waals surface area contributed by atoms with Crippen LogP contribution in [-0.2, 0) is 12.8 Å². The second-order valence-electron chi connectivity index (χ2n) is 5.15. The van der Waals surface area contributed by atoms with E-state index in [2.05, 4.69) is 47.1 Å². The molecule has 0 radical (unpaired) electrons. The van der Waals surface area contributed by atoms with Crippen molar-refractivity contribution in [2.24, 2.45) is 5.92 Å². The first-order valence-corrected chi connectivity index (χ1v) is 8.14. The van der Waals surface area contributed by atoms with E-state index in [9.17, 15) is 4.39 Å². The first-order chi connectivity index (χ1) is 9.58. The molecular formula is C17H17BrClF. The van der Waals surface area contributed by atoms with Crippen molar-refractivity contribution >= 4 is 27.5 Å². The fourth-order valence-corrected chi connectivity index (χ4v) is 3.02. The van der Waals surface area contributed by atoms with Gasteiger partial charge in [0.05, 0.1) is 0 Å². The smallest absolute Gasteiger partial charge is 0.123 e. The van der Waals surface area contributed by atoms with Crippen LogP contribution in [0, 0.1) is 18.7 Å². The molecule has 1 unspecified atom stereocenters. The molecule has 106 valence electrons. The van der Waals surface area contributed by atoms with E-state index < -0.39 is 0 Å². The molecule has 0 N–H and O–H groups in total. The Hall–Kier alpha value is -0.860. The number of aryl methyl sites for hydroxylation is 1. The molecule has 0 saturated carbocycles. The molecule has 0 nitrogen and oxygen atoms in total. The monoisotopic (exact) mass is 354 g/mol. The summed E-state index contributed by atoms with van der Waals surface area (Å²) in [6, 6.07) is 13.1. The molecule has 2 aromatic carbocycles. The van der Waals surface area contributed by atoms with Crippen molar-refractivity contribution in [1.29, 1.82) is 0 Å². The average Bonchev–Trinajstić information content (AvgIpc) is 2.42. The Labute approximate surface area is 133 Å². The summed E-state index contributed by atoms with van der Waals surface area (Å²) in [6.45, 7) is 2.09. The number of benzene rings is 2. The van der Waals surface area contributed by atoms with Gasteiger partial charge in [-0.2, -0.15) is 0 Å². The van der Waals surface area contributed by atoms with Crippen LogP contribution in [0.4, 0.5) is 4.39 Å². The van der Waals surface area contributed by atoms with Gasteiger partial charge in [0, 0.05) is 10.4 Å². The maximum absolute atomic E-state index is 13.3. The zero-order chi connectivity index (χ0) is 14.5. The predicted octanol–water partition coefficient (Wildman–Crippen LogP) is 5.58. The van der Waals surface area contributed by atoms with Crippen LogP contribution in [0.25, 0.3) is 0 Å². The Bertz CT molecular complexity index is 583. The van der Waals surface area contributed by atoms with Crippen LogP contribution in [0.2, 0.25) is 5.02 Å². The average molecular weight is 356 g/mol. The summed E-state index contributed by atoms with van der Waals surface area (Å²) in [7, 11) is 0. The van der Waals surface area contributed by atoms with Crippen LogP contribution in [0.5, 0.6) is 0 Å². The third kappa shape index (κ3) is 4.32. The normalized spacial score (nSPS) is 12.4. The lowest BCUT2D eigenvalue weighted by molar-refractivity contribution is 0.582. The molecule has 0 heterocycles. The summed E-state index contributed by atoms with van der Waals surface area (Å²) in [4.78, 5) is 0. The van der Waals surface area contributed by atoms with E-state index in [0.29, 0.717) is 10.9 Å². The standard InChI is InChI=1S/C17H17BrClF/c1-12-3-2-4-13(7-12)8-14(11-18)9-15-10-16(20)5-6-17(15)19/h2-7,10,14H,8-9,11H2,1H3. The molecule has 0 bridgehead atoms. The minimum absolute atomic E-state index is 0.228. The van der Waals surface area contributed by atoms with E-state index >= 15 is 0 Å². The van der Waals surface area contributed by atoms with Crippen molar-refractivity contribution in [3.05, 3.63) is 70.0 Å². The molecule has 0 amide bonds. The molecule has 20 heavy (non-hydrogen) atoms. The quantitative estimate of drug-likeness (QED) is 0.614. The second-order valence-corrected chi connectivity index (χ2v) is 6.21. The van der Waals surface area contributed by atoms with Gasteiger partial charge in [0.15, 0.2) is 0 Å². The highest BCUT2D eigenvalue weighted by Crippen LogP contribution is 2.23. The first kappa shape index (κ1) is 15.5. The van der Waals surface area contributed by atoms with E-state index in [-0.39, 0.29) is 5.82 Å². The minimum atomic E-state index is -0.228. The van der Waals surface area contributed by atoms with Crippen molar-refractivity contribution in [1.82, 2.24) is 0 Å². The summed E-state index contributed by atoms with van der Waals surface area (Å²) in [5, 5.41) is 1.51. The van der Waals surface area contributed by atoms with Gasteiger partial charge in [-0.05, 0) is 55.0 Å². The van der Waals surface area contributed by atoms with Crippen LogP contribution in [0.1, 0.15) is 16.7 Å². The lowest BCUT2D eigenvalue weighted by Gasteiger charge is -2.15. The summed E-state index contributed by atoms with van der Waals surface area (Å²) in [6.07, 6.45) is 1.73. The fourth-order valence-electron chi connectivity index (χ4n) is 2.36. The summed E-state index contributed by atoms with van der Waals surface area (Å²) in [5.41, 5.74) is 3.45. The Morgan fingerprint density at radius 3 is 2.65 bits per heavy atom. The summed E-state index contributed by atoms with van der Waals surface area (Å²) >= 11 is 9.70. The molecule has 0 fully saturated rings. The van der Waals surface area contributed by atoms with E-state index in [0.717, 1.165) is 23.7 Å². The van der Waals surface area contributed by atoms with Crippen LogP contribution in [0.3, 0.4) is 0 Å². The van der Waals surface area contributed by atoms with E-state index in [1.165, 1.54) is 23.3 Å². The Morgan fingerprint density at radius 1 is 1.15 bits per heavy atom.